The Kier molecular flexibility index (Phi) is 13.7. The van der Waals surface area contributed by atoms with Crippen LogP contribution in [0.3, 0.4) is 0 Å². The summed E-state index contributed by atoms with van der Waals surface area (Å²) in [7, 11) is 1.69. The SMILES string of the molecule is CC(C)c1nc(CN(C)C(=O)N[C@@H](CCn2ccnc2)C(=O)N[C@@H](C)CC[C@H](Cc2ccccc2)NC(=O)OCc2cncs2)cs1. The van der Waals surface area contributed by atoms with Gasteiger partial charge in [-0.25, -0.2) is 19.6 Å². The molecule has 252 valence electrons. The summed E-state index contributed by atoms with van der Waals surface area (Å²) in [6.45, 7) is 7.10. The fourth-order valence-electron chi connectivity index (χ4n) is 4.85. The Morgan fingerprint density at radius 2 is 1.81 bits per heavy atom. The van der Waals surface area contributed by atoms with Gasteiger partial charge in [-0.3, -0.25) is 9.78 Å². The minimum atomic E-state index is -0.767. The molecule has 3 heterocycles. The van der Waals surface area contributed by atoms with Crippen molar-refractivity contribution in [3.63, 3.8) is 0 Å². The first-order valence-electron chi connectivity index (χ1n) is 15.7. The molecule has 0 aliphatic carbocycles. The maximum absolute atomic E-state index is 13.5. The number of carbonyl (C=O) groups excluding carboxylic acids is 3. The highest BCUT2D eigenvalue weighted by Gasteiger charge is 2.25. The Hall–Kier alpha value is -4.30. The highest BCUT2D eigenvalue weighted by atomic mass is 32.1. The molecular formula is C33H44N8O4S2. The van der Waals surface area contributed by atoms with Crippen molar-refractivity contribution in [2.45, 2.75) is 90.2 Å². The number of hydrogen-bond acceptors (Lipinski definition) is 9. The maximum atomic E-state index is 13.5. The first kappa shape index (κ1) is 35.6. The topological polar surface area (TPSA) is 143 Å². The van der Waals surface area contributed by atoms with Crippen LogP contribution in [0.1, 0.15) is 67.1 Å². The first-order chi connectivity index (χ1) is 22.7. The predicted octanol–water partition coefficient (Wildman–Crippen LogP) is 5.34. The van der Waals surface area contributed by atoms with Gasteiger partial charge < -0.3 is 30.2 Å². The number of benzene rings is 1. The molecule has 0 saturated carbocycles. The zero-order chi connectivity index (χ0) is 33.6. The maximum Gasteiger partial charge on any atom is 0.407 e. The number of thiazole rings is 2. The number of rotatable bonds is 17. The second-order valence-electron chi connectivity index (χ2n) is 11.8. The Labute approximate surface area is 284 Å². The van der Waals surface area contributed by atoms with E-state index in [0.29, 0.717) is 44.7 Å². The third-order valence-electron chi connectivity index (χ3n) is 7.47. The Morgan fingerprint density at radius 1 is 1.00 bits per heavy atom. The zero-order valence-electron chi connectivity index (χ0n) is 27.3. The molecule has 3 N–H and O–H groups in total. The van der Waals surface area contributed by atoms with Gasteiger partial charge >= 0.3 is 12.1 Å². The van der Waals surface area contributed by atoms with Crippen LogP contribution < -0.4 is 16.0 Å². The summed E-state index contributed by atoms with van der Waals surface area (Å²) in [6.07, 6.45) is 8.56. The smallest absolute Gasteiger partial charge is 0.407 e. The number of nitrogens with zero attached hydrogens (tertiary/aromatic N) is 5. The highest BCUT2D eigenvalue weighted by molar-refractivity contribution is 7.09. The molecule has 4 aromatic rings. The highest BCUT2D eigenvalue weighted by Crippen LogP contribution is 2.20. The van der Waals surface area contributed by atoms with Crippen molar-refractivity contribution >= 4 is 40.7 Å². The van der Waals surface area contributed by atoms with Gasteiger partial charge in [-0.1, -0.05) is 44.2 Å². The van der Waals surface area contributed by atoms with Crippen LogP contribution in [-0.4, -0.2) is 67.6 Å². The van der Waals surface area contributed by atoms with Crippen LogP contribution in [0.2, 0.25) is 0 Å². The molecule has 12 nitrogen and oxygen atoms in total. The van der Waals surface area contributed by atoms with Crippen molar-refractivity contribution in [1.82, 2.24) is 40.4 Å². The Bertz CT molecular complexity index is 1510. The number of carbonyl (C=O) groups is 3. The summed E-state index contributed by atoms with van der Waals surface area (Å²) in [5.74, 6) is 0.0465. The lowest BCUT2D eigenvalue weighted by molar-refractivity contribution is -0.123. The lowest BCUT2D eigenvalue weighted by atomic mass is 9.99. The fraction of sp³-hybridized carbons (Fsp3) is 0.455. The number of imidazole rings is 1. The summed E-state index contributed by atoms with van der Waals surface area (Å²) < 4.78 is 7.29. The minimum Gasteiger partial charge on any atom is -0.444 e. The number of hydrogen-bond donors (Lipinski definition) is 3. The molecule has 1 aromatic carbocycles. The van der Waals surface area contributed by atoms with Gasteiger partial charge in [0.05, 0.1) is 34.0 Å². The largest absolute Gasteiger partial charge is 0.444 e. The standard InChI is InChI=1S/C33H44N8O4S2/c1-23(2)31-37-27(20-46-31)18-40(4)32(43)39-29(12-14-41-15-13-34-21-41)30(42)36-24(3)10-11-26(16-25-8-6-5-7-9-25)38-33(44)45-19-28-17-35-22-47-28/h5-9,13,15,17,20-24,26,29H,10-12,14,16,18-19H2,1-4H3,(H,36,42)(H,38,44)(H,39,43)/t24-,26+,29-/m0/s1. The van der Waals surface area contributed by atoms with E-state index in [2.05, 4.69) is 44.7 Å². The van der Waals surface area contributed by atoms with Gasteiger partial charge in [0.25, 0.3) is 0 Å². The van der Waals surface area contributed by atoms with Gasteiger partial charge in [0.1, 0.15) is 12.6 Å². The van der Waals surface area contributed by atoms with E-state index in [1.807, 2.05) is 53.4 Å². The van der Waals surface area contributed by atoms with Crippen LogP contribution in [0.25, 0.3) is 0 Å². The van der Waals surface area contributed by atoms with Crippen molar-refractivity contribution < 1.29 is 19.1 Å². The van der Waals surface area contributed by atoms with Crippen molar-refractivity contribution in [1.29, 1.82) is 0 Å². The van der Waals surface area contributed by atoms with E-state index in [4.69, 9.17) is 4.74 Å². The number of nitrogens with one attached hydrogen (secondary N) is 3. The van der Waals surface area contributed by atoms with Crippen molar-refractivity contribution in [2.75, 3.05) is 7.05 Å². The Morgan fingerprint density at radius 3 is 2.49 bits per heavy atom. The van der Waals surface area contributed by atoms with Crippen molar-refractivity contribution in [3.8, 4) is 0 Å². The van der Waals surface area contributed by atoms with E-state index in [9.17, 15) is 14.4 Å². The molecule has 0 aliphatic rings. The van der Waals surface area contributed by atoms with Crippen molar-refractivity contribution in [3.05, 3.63) is 87.3 Å². The second-order valence-corrected chi connectivity index (χ2v) is 13.7. The van der Waals surface area contributed by atoms with Gasteiger partial charge in [-0.05, 0) is 38.2 Å². The van der Waals surface area contributed by atoms with Crippen LogP contribution in [0.15, 0.2) is 66.1 Å². The molecule has 14 heteroatoms. The number of amides is 4. The van der Waals surface area contributed by atoms with Gasteiger partial charge in [-0.2, -0.15) is 0 Å². The summed E-state index contributed by atoms with van der Waals surface area (Å²) in [5.41, 5.74) is 3.60. The number of ether oxygens (including phenoxy) is 1. The van der Waals surface area contributed by atoms with Crippen LogP contribution in [0.5, 0.6) is 0 Å². The normalized spacial score (nSPS) is 13.0. The molecule has 47 heavy (non-hydrogen) atoms. The molecule has 0 radical (unpaired) electrons. The summed E-state index contributed by atoms with van der Waals surface area (Å²) in [6, 6.07) is 8.37. The van der Waals surface area contributed by atoms with Gasteiger partial charge in [-0.15, -0.1) is 22.7 Å². The van der Waals surface area contributed by atoms with E-state index in [1.165, 1.54) is 16.2 Å². The quantitative estimate of drug-likeness (QED) is 0.137. The Balaban J connectivity index is 1.33. The predicted molar refractivity (Wildman–Crippen MR) is 183 cm³/mol. The van der Waals surface area contributed by atoms with E-state index in [0.717, 1.165) is 21.1 Å². The number of alkyl carbamates (subject to hydrolysis) is 1. The molecule has 0 aliphatic heterocycles. The molecule has 3 aromatic heterocycles. The van der Waals surface area contributed by atoms with Gasteiger partial charge in [0, 0.05) is 55.6 Å². The van der Waals surface area contributed by atoms with E-state index < -0.39 is 12.1 Å². The number of aromatic nitrogens is 4. The van der Waals surface area contributed by atoms with Crippen LogP contribution >= 0.6 is 22.7 Å². The third kappa shape index (κ3) is 12.1. The second kappa shape index (κ2) is 18.1. The molecular weight excluding hydrogens is 637 g/mol. The fourth-order valence-corrected chi connectivity index (χ4v) is 6.18. The van der Waals surface area contributed by atoms with Crippen LogP contribution in [0, 0.1) is 0 Å². The lowest BCUT2D eigenvalue weighted by Gasteiger charge is -2.25. The molecule has 3 atom stereocenters. The van der Waals surface area contributed by atoms with E-state index in [1.54, 1.807) is 42.6 Å². The minimum absolute atomic E-state index is 0.158. The lowest BCUT2D eigenvalue weighted by Crippen LogP contribution is -2.52. The monoisotopic (exact) mass is 680 g/mol. The average molecular weight is 681 g/mol. The third-order valence-corrected chi connectivity index (χ3v) is 9.42. The molecule has 4 rings (SSSR count). The van der Waals surface area contributed by atoms with Gasteiger partial charge in [0.2, 0.25) is 5.91 Å². The molecule has 0 saturated heterocycles. The number of urea groups is 1. The summed E-state index contributed by atoms with van der Waals surface area (Å²) in [5, 5.41) is 12.0. The number of aryl methyl sites for hydroxylation is 1. The summed E-state index contributed by atoms with van der Waals surface area (Å²) >= 11 is 3.01. The molecule has 4 amide bonds. The first-order valence-corrected chi connectivity index (χ1v) is 17.5. The molecule has 0 bridgehead atoms. The average Bonchev–Trinajstić information content (AvgIpc) is 3.85. The van der Waals surface area contributed by atoms with Gasteiger partial charge in [0.15, 0.2) is 0 Å². The molecule has 0 spiro atoms. The van der Waals surface area contributed by atoms with E-state index >= 15 is 0 Å². The van der Waals surface area contributed by atoms with E-state index in [-0.39, 0.29) is 30.6 Å². The van der Waals surface area contributed by atoms with Crippen LogP contribution in [-0.2, 0) is 35.6 Å². The molecule has 0 unspecified atom stereocenters. The van der Waals surface area contributed by atoms with Crippen LogP contribution in [0.4, 0.5) is 9.59 Å². The van der Waals surface area contributed by atoms with Crippen molar-refractivity contribution in [2.24, 2.45) is 0 Å². The zero-order valence-corrected chi connectivity index (χ0v) is 28.9. The summed E-state index contributed by atoms with van der Waals surface area (Å²) in [4.78, 5) is 54.5. The molecule has 0 fully saturated rings.